The van der Waals surface area contributed by atoms with E-state index in [1.807, 2.05) is 0 Å². The fourth-order valence-electron chi connectivity index (χ4n) is 2.51. The summed E-state index contributed by atoms with van der Waals surface area (Å²) in [6.45, 7) is -0.0318. The largest absolute Gasteiger partial charge is 0.497 e. The summed E-state index contributed by atoms with van der Waals surface area (Å²) in [7, 11) is 3.07. The van der Waals surface area contributed by atoms with Gasteiger partial charge in [-0.05, 0) is 24.3 Å². The highest BCUT2D eigenvalue weighted by atomic mass is 16.5. The van der Waals surface area contributed by atoms with Crippen molar-refractivity contribution in [1.82, 2.24) is 9.78 Å². The Bertz CT molecular complexity index is 981. The standard InChI is InChI=1S/C18H17N3O4/c1-24-12-7-8-14(17(9-12)25-2)20-18(23)11-21-15-6-4-3-5-13(15)16(22)10-19-21/h3-10H,11H2,1-2H3,(H,20,23). The van der Waals surface area contributed by atoms with Crippen LogP contribution in [0.1, 0.15) is 0 Å². The van der Waals surface area contributed by atoms with Crippen LogP contribution >= 0.6 is 0 Å². The highest BCUT2D eigenvalue weighted by molar-refractivity contribution is 5.93. The van der Waals surface area contributed by atoms with Crippen LogP contribution in [0.5, 0.6) is 11.5 Å². The zero-order valence-corrected chi connectivity index (χ0v) is 13.9. The first-order chi connectivity index (χ1) is 12.1. The van der Waals surface area contributed by atoms with Crippen LogP contribution in [0.25, 0.3) is 10.9 Å². The average molecular weight is 339 g/mol. The summed E-state index contributed by atoms with van der Waals surface area (Å²) in [6.07, 6.45) is 1.21. The monoisotopic (exact) mass is 339 g/mol. The van der Waals surface area contributed by atoms with Gasteiger partial charge in [-0.25, -0.2) is 0 Å². The van der Waals surface area contributed by atoms with Crippen LogP contribution in [0.4, 0.5) is 5.69 Å². The van der Waals surface area contributed by atoms with Gasteiger partial charge in [0.05, 0.1) is 31.6 Å². The number of hydrogen-bond acceptors (Lipinski definition) is 5. The predicted molar refractivity (Wildman–Crippen MR) is 94.2 cm³/mol. The topological polar surface area (TPSA) is 82.5 Å². The molecule has 3 rings (SSSR count). The van der Waals surface area contributed by atoms with Gasteiger partial charge in [0.1, 0.15) is 18.0 Å². The zero-order valence-electron chi connectivity index (χ0n) is 13.9. The number of hydrogen-bond donors (Lipinski definition) is 1. The van der Waals surface area contributed by atoms with E-state index >= 15 is 0 Å². The molecule has 1 heterocycles. The Kier molecular flexibility index (Phi) is 4.65. The van der Waals surface area contributed by atoms with E-state index in [-0.39, 0.29) is 17.9 Å². The van der Waals surface area contributed by atoms with Gasteiger partial charge in [-0.1, -0.05) is 12.1 Å². The summed E-state index contributed by atoms with van der Waals surface area (Å²) in [5.74, 6) is 0.832. The first-order valence-electron chi connectivity index (χ1n) is 7.59. The third-order valence-electron chi connectivity index (χ3n) is 3.74. The Morgan fingerprint density at radius 1 is 1.16 bits per heavy atom. The molecule has 0 saturated carbocycles. The molecule has 0 aliphatic heterocycles. The summed E-state index contributed by atoms with van der Waals surface area (Å²) in [6, 6.07) is 12.1. The number of carbonyl (C=O) groups is 1. The summed E-state index contributed by atoms with van der Waals surface area (Å²) in [5, 5.41) is 7.35. The highest BCUT2D eigenvalue weighted by Gasteiger charge is 2.11. The van der Waals surface area contributed by atoms with E-state index in [1.165, 1.54) is 18.0 Å². The molecule has 0 fully saturated rings. The smallest absolute Gasteiger partial charge is 0.246 e. The third-order valence-corrected chi connectivity index (χ3v) is 3.74. The van der Waals surface area contributed by atoms with Gasteiger partial charge in [-0.15, -0.1) is 0 Å². The molecule has 0 spiro atoms. The van der Waals surface area contributed by atoms with Crippen molar-refractivity contribution in [3.8, 4) is 11.5 Å². The second-order valence-corrected chi connectivity index (χ2v) is 5.30. The van der Waals surface area contributed by atoms with Crippen molar-refractivity contribution in [1.29, 1.82) is 0 Å². The van der Waals surface area contributed by atoms with Gasteiger partial charge in [0.2, 0.25) is 11.3 Å². The van der Waals surface area contributed by atoms with Gasteiger partial charge in [0, 0.05) is 11.5 Å². The van der Waals surface area contributed by atoms with Crippen LogP contribution < -0.4 is 20.2 Å². The van der Waals surface area contributed by atoms with Crippen molar-refractivity contribution in [2.75, 3.05) is 19.5 Å². The third kappa shape index (κ3) is 3.45. The number of anilines is 1. The fraction of sp³-hybridized carbons (Fsp3) is 0.167. The van der Waals surface area contributed by atoms with Crippen LogP contribution in [0.2, 0.25) is 0 Å². The van der Waals surface area contributed by atoms with Crippen molar-refractivity contribution in [2.24, 2.45) is 0 Å². The van der Waals surface area contributed by atoms with Crippen LogP contribution in [0.15, 0.2) is 53.5 Å². The molecule has 25 heavy (non-hydrogen) atoms. The van der Waals surface area contributed by atoms with Gasteiger partial charge < -0.3 is 14.8 Å². The quantitative estimate of drug-likeness (QED) is 0.769. The number of carbonyl (C=O) groups excluding carboxylic acids is 1. The Hall–Kier alpha value is -3.35. The van der Waals surface area contributed by atoms with Gasteiger partial charge in [0.25, 0.3) is 0 Å². The first kappa shape index (κ1) is 16.5. The van der Waals surface area contributed by atoms with Crippen LogP contribution in [-0.2, 0) is 11.3 Å². The Morgan fingerprint density at radius 3 is 2.72 bits per heavy atom. The number of nitrogens with one attached hydrogen (secondary N) is 1. The number of para-hydroxylation sites is 1. The zero-order chi connectivity index (χ0) is 17.8. The Labute approximate surface area is 143 Å². The molecule has 1 N–H and O–H groups in total. The maximum atomic E-state index is 12.4. The lowest BCUT2D eigenvalue weighted by molar-refractivity contribution is -0.116. The average Bonchev–Trinajstić information content (AvgIpc) is 2.64. The maximum absolute atomic E-state index is 12.4. The van der Waals surface area contributed by atoms with Gasteiger partial charge in [-0.3, -0.25) is 14.3 Å². The van der Waals surface area contributed by atoms with Crippen LogP contribution in [0, 0.1) is 0 Å². The number of ether oxygens (including phenoxy) is 2. The lowest BCUT2D eigenvalue weighted by Crippen LogP contribution is -2.22. The SMILES string of the molecule is COc1ccc(NC(=O)Cn2ncc(=O)c3ccccc32)c(OC)c1. The van der Waals surface area contributed by atoms with Crippen molar-refractivity contribution >= 4 is 22.5 Å². The van der Waals surface area contributed by atoms with Gasteiger partial charge in [-0.2, -0.15) is 5.10 Å². The molecule has 0 saturated heterocycles. The molecule has 1 aromatic heterocycles. The molecule has 0 bridgehead atoms. The van der Waals surface area contributed by atoms with E-state index in [9.17, 15) is 9.59 Å². The molecule has 3 aromatic rings. The van der Waals surface area contributed by atoms with Crippen LogP contribution in [-0.4, -0.2) is 29.9 Å². The van der Waals surface area contributed by atoms with Crippen molar-refractivity contribution in [3.05, 3.63) is 58.9 Å². The minimum atomic E-state index is -0.287. The normalized spacial score (nSPS) is 10.5. The number of benzene rings is 2. The molecule has 0 atom stereocenters. The fourth-order valence-corrected chi connectivity index (χ4v) is 2.51. The Balaban J connectivity index is 1.84. The van der Waals surface area contributed by atoms with E-state index in [0.717, 1.165) is 0 Å². The number of aromatic nitrogens is 2. The molecular formula is C18H17N3O4. The predicted octanol–water partition coefficient (Wildman–Crippen LogP) is 2.05. The second-order valence-electron chi connectivity index (χ2n) is 5.30. The molecule has 128 valence electrons. The van der Waals surface area contributed by atoms with E-state index in [0.29, 0.717) is 28.1 Å². The molecule has 2 aromatic carbocycles. The molecule has 7 nitrogen and oxygen atoms in total. The van der Waals surface area contributed by atoms with E-state index in [4.69, 9.17) is 9.47 Å². The molecule has 0 aliphatic carbocycles. The summed E-state index contributed by atoms with van der Waals surface area (Å²) in [5.41, 5.74) is 0.953. The molecule has 7 heteroatoms. The lowest BCUT2D eigenvalue weighted by atomic mass is 10.2. The number of rotatable bonds is 5. The molecule has 0 unspecified atom stereocenters. The summed E-state index contributed by atoms with van der Waals surface area (Å²) < 4.78 is 11.9. The van der Waals surface area contributed by atoms with Crippen molar-refractivity contribution in [3.63, 3.8) is 0 Å². The second kappa shape index (κ2) is 7.04. The minimum Gasteiger partial charge on any atom is -0.497 e. The molecule has 1 amide bonds. The lowest BCUT2D eigenvalue weighted by Gasteiger charge is -2.13. The number of nitrogens with zero attached hydrogens (tertiary/aromatic N) is 2. The first-order valence-corrected chi connectivity index (χ1v) is 7.59. The van der Waals surface area contributed by atoms with Crippen molar-refractivity contribution < 1.29 is 14.3 Å². The minimum absolute atomic E-state index is 0.0318. The number of fused-ring (bicyclic) bond motifs is 1. The summed E-state index contributed by atoms with van der Waals surface area (Å²) >= 11 is 0. The number of methoxy groups -OCH3 is 2. The molecular weight excluding hydrogens is 322 g/mol. The van der Waals surface area contributed by atoms with Crippen LogP contribution in [0.3, 0.4) is 0 Å². The van der Waals surface area contributed by atoms with E-state index < -0.39 is 0 Å². The maximum Gasteiger partial charge on any atom is 0.246 e. The molecule has 0 aliphatic rings. The van der Waals surface area contributed by atoms with Gasteiger partial charge >= 0.3 is 0 Å². The Morgan fingerprint density at radius 2 is 1.96 bits per heavy atom. The van der Waals surface area contributed by atoms with E-state index in [1.54, 1.807) is 49.6 Å². The van der Waals surface area contributed by atoms with E-state index in [2.05, 4.69) is 10.4 Å². The molecule has 0 radical (unpaired) electrons. The van der Waals surface area contributed by atoms with Crippen molar-refractivity contribution in [2.45, 2.75) is 6.54 Å². The summed E-state index contributed by atoms with van der Waals surface area (Å²) in [4.78, 5) is 24.2. The number of amides is 1. The highest BCUT2D eigenvalue weighted by Crippen LogP contribution is 2.29. The van der Waals surface area contributed by atoms with Gasteiger partial charge in [0.15, 0.2) is 0 Å².